The zero-order chi connectivity index (χ0) is 22.0. The Balaban J connectivity index is 1.53. The number of hydrogen-bond donors (Lipinski definition) is 1. The quantitative estimate of drug-likeness (QED) is 0.458. The molecule has 0 fully saturated rings. The number of hydrogen-bond acceptors (Lipinski definition) is 7. The molecular formula is C21H18N4O5S. The second kappa shape index (κ2) is 8.52. The van der Waals surface area contributed by atoms with Crippen molar-refractivity contribution < 1.29 is 19.2 Å². The minimum absolute atomic E-state index is 0.0296. The van der Waals surface area contributed by atoms with Crippen LogP contribution in [0.15, 0.2) is 47.8 Å². The van der Waals surface area contributed by atoms with Gasteiger partial charge < -0.3 is 9.64 Å². The van der Waals surface area contributed by atoms with E-state index in [-0.39, 0.29) is 18.2 Å². The number of nitro benzene ring substituents is 1. The maximum Gasteiger partial charge on any atom is 0.269 e. The van der Waals surface area contributed by atoms with E-state index >= 15 is 0 Å². The molecule has 2 amide bonds. The van der Waals surface area contributed by atoms with Crippen molar-refractivity contribution in [1.82, 2.24) is 4.98 Å². The van der Waals surface area contributed by atoms with E-state index < -0.39 is 10.8 Å². The average molecular weight is 438 g/mol. The van der Waals surface area contributed by atoms with Crippen molar-refractivity contribution in [2.24, 2.45) is 0 Å². The van der Waals surface area contributed by atoms with Gasteiger partial charge in [0.2, 0.25) is 0 Å². The van der Waals surface area contributed by atoms with Gasteiger partial charge >= 0.3 is 0 Å². The Morgan fingerprint density at radius 3 is 2.77 bits per heavy atom. The Bertz CT molecular complexity index is 1160. The molecule has 2 heterocycles. The molecule has 1 N–H and O–H groups in total. The van der Waals surface area contributed by atoms with Crippen LogP contribution in [-0.2, 0) is 4.79 Å². The highest BCUT2D eigenvalue weighted by Crippen LogP contribution is 2.37. The fourth-order valence-corrected chi connectivity index (χ4v) is 3.91. The van der Waals surface area contributed by atoms with Crippen LogP contribution in [0.4, 0.5) is 16.5 Å². The first kappa shape index (κ1) is 20.5. The first-order valence-electron chi connectivity index (χ1n) is 9.55. The summed E-state index contributed by atoms with van der Waals surface area (Å²) >= 11 is 1.26. The molecular weight excluding hydrogens is 420 g/mol. The standard InChI is InChI=1S/C21H18N4O5S/c1-2-9-24-17-10-14(5-8-18(17)30-11-19(24)26)16-12-31-21(22-16)23-20(27)13-3-6-15(7-4-13)25(28)29/h3-8,10,12H,2,9,11H2,1H3,(H,22,23,27). The number of ether oxygens (including phenoxy) is 1. The number of carbonyl (C=O) groups excluding carboxylic acids is 2. The SMILES string of the molecule is CCCN1C(=O)COc2ccc(-c3csc(NC(=O)c4ccc([N+](=O)[O-])cc4)n3)cc21. The molecule has 0 aliphatic carbocycles. The van der Waals surface area contributed by atoms with Crippen molar-refractivity contribution >= 4 is 39.7 Å². The summed E-state index contributed by atoms with van der Waals surface area (Å²) in [5.41, 5.74) is 2.37. The monoisotopic (exact) mass is 438 g/mol. The first-order valence-corrected chi connectivity index (χ1v) is 10.4. The molecule has 1 aromatic heterocycles. The van der Waals surface area contributed by atoms with E-state index in [0.717, 1.165) is 12.0 Å². The van der Waals surface area contributed by atoms with Gasteiger partial charge in [0.1, 0.15) is 5.75 Å². The predicted octanol–water partition coefficient (Wildman–Crippen LogP) is 4.11. The number of thiazole rings is 1. The highest BCUT2D eigenvalue weighted by molar-refractivity contribution is 7.14. The molecule has 9 nitrogen and oxygen atoms in total. The van der Waals surface area contributed by atoms with E-state index in [2.05, 4.69) is 10.3 Å². The Morgan fingerprint density at radius 1 is 1.29 bits per heavy atom. The summed E-state index contributed by atoms with van der Waals surface area (Å²) in [7, 11) is 0. The average Bonchev–Trinajstić information content (AvgIpc) is 3.24. The number of non-ortho nitro benzene ring substituents is 1. The Labute approximate surface area is 181 Å². The number of nitro groups is 1. The van der Waals surface area contributed by atoms with Gasteiger partial charge in [0, 0.05) is 35.2 Å². The van der Waals surface area contributed by atoms with Crippen LogP contribution in [0.5, 0.6) is 5.75 Å². The van der Waals surface area contributed by atoms with Crippen molar-refractivity contribution in [2.75, 3.05) is 23.4 Å². The molecule has 158 valence electrons. The van der Waals surface area contributed by atoms with E-state index in [4.69, 9.17) is 4.74 Å². The van der Waals surface area contributed by atoms with Crippen LogP contribution in [0, 0.1) is 10.1 Å². The third kappa shape index (κ3) is 4.24. The molecule has 2 aromatic carbocycles. The second-order valence-corrected chi connectivity index (χ2v) is 7.67. The van der Waals surface area contributed by atoms with Gasteiger partial charge in [0.15, 0.2) is 11.7 Å². The lowest BCUT2D eigenvalue weighted by molar-refractivity contribution is -0.384. The fourth-order valence-electron chi connectivity index (χ4n) is 3.20. The Hall–Kier alpha value is -3.79. The van der Waals surface area contributed by atoms with Gasteiger partial charge in [-0.1, -0.05) is 6.92 Å². The highest BCUT2D eigenvalue weighted by atomic mass is 32.1. The lowest BCUT2D eigenvalue weighted by Gasteiger charge is -2.29. The van der Waals surface area contributed by atoms with Gasteiger partial charge in [-0.3, -0.25) is 25.0 Å². The lowest BCUT2D eigenvalue weighted by Crippen LogP contribution is -2.39. The van der Waals surface area contributed by atoms with Gasteiger partial charge in [0.05, 0.1) is 16.3 Å². The summed E-state index contributed by atoms with van der Waals surface area (Å²) in [5.74, 6) is 0.161. The van der Waals surface area contributed by atoms with E-state index in [1.807, 2.05) is 30.5 Å². The molecule has 0 spiro atoms. The topological polar surface area (TPSA) is 115 Å². The smallest absolute Gasteiger partial charge is 0.269 e. The molecule has 0 atom stereocenters. The predicted molar refractivity (Wildman–Crippen MR) is 117 cm³/mol. The van der Waals surface area contributed by atoms with Gasteiger partial charge in [-0.15, -0.1) is 11.3 Å². The lowest BCUT2D eigenvalue weighted by atomic mass is 10.1. The summed E-state index contributed by atoms with van der Waals surface area (Å²) in [5, 5.41) is 15.7. The van der Waals surface area contributed by atoms with Crippen LogP contribution in [0.2, 0.25) is 0 Å². The minimum Gasteiger partial charge on any atom is -0.482 e. The zero-order valence-electron chi connectivity index (χ0n) is 16.5. The van der Waals surface area contributed by atoms with E-state index in [0.29, 0.717) is 34.4 Å². The Morgan fingerprint density at radius 2 is 2.06 bits per heavy atom. The third-order valence-electron chi connectivity index (χ3n) is 4.71. The largest absolute Gasteiger partial charge is 0.482 e. The van der Waals surface area contributed by atoms with E-state index in [1.54, 1.807) is 4.90 Å². The van der Waals surface area contributed by atoms with Gasteiger partial charge in [-0.05, 0) is 36.8 Å². The van der Waals surface area contributed by atoms with Crippen LogP contribution in [0.3, 0.4) is 0 Å². The summed E-state index contributed by atoms with van der Waals surface area (Å²) in [4.78, 5) is 41.0. The maximum atomic E-state index is 12.4. The fraction of sp³-hybridized carbons (Fsp3) is 0.190. The minimum atomic E-state index is -0.520. The molecule has 3 aromatic rings. The number of rotatable bonds is 6. The Kier molecular flexibility index (Phi) is 5.63. The number of fused-ring (bicyclic) bond motifs is 1. The van der Waals surface area contributed by atoms with Crippen LogP contribution in [-0.4, -0.2) is 34.9 Å². The molecule has 10 heteroatoms. The van der Waals surface area contributed by atoms with Crippen molar-refractivity contribution in [3.63, 3.8) is 0 Å². The maximum absolute atomic E-state index is 12.4. The van der Waals surface area contributed by atoms with Crippen molar-refractivity contribution in [1.29, 1.82) is 0 Å². The van der Waals surface area contributed by atoms with Crippen LogP contribution in [0.1, 0.15) is 23.7 Å². The summed E-state index contributed by atoms with van der Waals surface area (Å²) < 4.78 is 5.53. The molecule has 0 saturated heterocycles. The molecule has 0 unspecified atom stereocenters. The van der Waals surface area contributed by atoms with Crippen LogP contribution in [0.25, 0.3) is 11.3 Å². The number of nitrogens with one attached hydrogen (secondary N) is 1. The zero-order valence-corrected chi connectivity index (χ0v) is 17.3. The molecule has 0 bridgehead atoms. The van der Waals surface area contributed by atoms with Crippen molar-refractivity contribution in [2.45, 2.75) is 13.3 Å². The summed E-state index contributed by atoms with van der Waals surface area (Å²) in [6.07, 6.45) is 0.824. The summed E-state index contributed by atoms with van der Waals surface area (Å²) in [6.45, 7) is 2.64. The second-order valence-electron chi connectivity index (χ2n) is 6.81. The van der Waals surface area contributed by atoms with Crippen molar-refractivity contribution in [3.8, 4) is 17.0 Å². The third-order valence-corrected chi connectivity index (χ3v) is 5.47. The molecule has 31 heavy (non-hydrogen) atoms. The van der Waals surface area contributed by atoms with Gasteiger partial charge in [-0.25, -0.2) is 4.98 Å². The molecule has 0 radical (unpaired) electrons. The molecule has 4 rings (SSSR count). The number of carbonyl (C=O) groups is 2. The summed E-state index contributed by atoms with van der Waals surface area (Å²) in [6, 6.07) is 10.9. The number of anilines is 2. The van der Waals surface area contributed by atoms with Crippen LogP contribution < -0.4 is 15.0 Å². The number of aromatic nitrogens is 1. The number of nitrogens with zero attached hydrogens (tertiary/aromatic N) is 3. The van der Waals surface area contributed by atoms with E-state index in [1.165, 1.54) is 35.6 Å². The number of amides is 2. The van der Waals surface area contributed by atoms with Gasteiger partial charge in [0.25, 0.3) is 17.5 Å². The van der Waals surface area contributed by atoms with Gasteiger partial charge in [-0.2, -0.15) is 0 Å². The normalized spacial score (nSPS) is 12.8. The van der Waals surface area contributed by atoms with E-state index in [9.17, 15) is 19.7 Å². The number of benzene rings is 2. The highest BCUT2D eigenvalue weighted by Gasteiger charge is 2.25. The molecule has 1 aliphatic heterocycles. The van der Waals surface area contributed by atoms with Crippen molar-refractivity contribution in [3.05, 3.63) is 63.5 Å². The molecule has 0 saturated carbocycles. The first-order chi connectivity index (χ1) is 15.0. The molecule has 1 aliphatic rings. The van der Waals surface area contributed by atoms with Crippen LogP contribution >= 0.6 is 11.3 Å².